The van der Waals surface area contributed by atoms with Crippen LogP contribution in [0.2, 0.25) is 16.6 Å². The van der Waals surface area contributed by atoms with Crippen LogP contribution in [-0.4, -0.2) is 8.32 Å². The monoisotopic (exact) mass is 354 g/mol. The van der Waals surface area contributed by atoms with E-state index in [1.54, 1.807) is 0 Å². The first kappa shape index (κ1) is 21.3. The number of hydrogen-bond donors (Lipinski definition) is 0. The van der Waals surface area contributed by atoms with Gasteiger partial charge in [0.1, 0.15) is 0 Å². The van der Waals surface area contributed by atoms with Crippen molar-refractivity contribution < 1.29 is 4.43 Å². The summed E-state index contributed by atoms with van der Waals surface area (Å²) in [7, 11) is -1.96. The molecule has 0 radical (unpaired) electrons. The lowest BCUT2D eigenvalue weighted by molar-refractivity contribution is 0.385. The number of terminal acetylenes is 1. The lowest BCUT2D eigenvalue weighted by Crippen LogP contribution is -2.47. The third kappa shape index (κ3) is 5.94. The molecule has 0 aromatic heterocycles. The molecule has 1 aromatic carbocycles. The van der Waals surface area contributed by atoms with Gasteiger partial charge in [-0.3, -0.25) is 0 Å². The van der Waals surface area contributed by atoms with Gasteiger partial charge in [-0.25, -0.2) is 0 Å². The minimum atomic E-state index is -1.96. The molecule has 1 aromatic rings. The van der Waals surface area contributed by atoms with Crippen LogP contribution >= 0.6 is 0 Å². The Balaban J connectivity index is 3.16. The highest BCUT2D eigenvalue weighted by molar-refractivity contribution is 6.77. The molecular weight excluding hydrogens is 320 g/mol. The first-order valence-corrected chi connectivity index (χ1v) is 11.5. The molecule has 0 spiro atoms. The van der Waals surface area contributed by atoms with E-state index in [4.69, 9.17) is 10.8 Å². The smallest absolute Gasteiger partial charge is 0.258 e. The Hall–Kier alpha value is -1.72. The van der Waals surface area contributed by atoms with Gasteiger partial charge in [-0.15, -0.1) is 12.3 Å². The van der Waals surface area contributed by atoms with Crippen molar-refractivity contribution in [1.29, 1.82) is 0 Å². The highest BCUT2D eigenvalue weighted by Crippen LogP contribution is 2.43. The fraction of sp³-hybridized carbons (Fsp3) is 0.478. The third-order valence-electron chi connectivity index (χ3n) is 4.88. The quantitative estimate of drug-likeness (QED) is 0.150. The van der Waals surface area contributed by atoms with Gasteiger partial charge in [0.2, 0.25) is 0 Å². The molecule has 1 nitrogen and oxygen atoms in total. The summed E-state index contributed by atoms with van der Waals surface area (Å²) in [4.78, 5) is 0. The Bertz CT molecular complexity index is 581. The van der Waals surface area contributed by atoms with E-state index in [-0.39, 0.29) is 0 Å². The molecule has 0 aliphatic rings. The number of rotatable bonds is 9. The SMILES string of the molecule is C#CCC/C=C(/C=C/c1ccccc1)O[Si](C(C)C)(C(C)C)C(C)C. The Morgan fingerprint density at radius 3 is 2.08 bits per heavy atom. The standard InChI is InChI=1S/C23H34OSi/c1-8-9-11-16-23(18-17-22-14-12-10-13-15-22)24-25(19(2)3,20(4)5)21(6)7/h1,10,12-21H,9,11H2,2-7H3/b18-17+,23-16-. The number of hydrogen-bond acceptors (Lipinski definition) is 1. The molecule has 0 N–H and O–H groups in total. The van der Waals surface area contributed by atoms with E-state index >= 15 is 0 Å². The largest absolute Gasteiger partial charge is 0.543 e. The molecule has 1 rings (SSSR count). The first-order chi connectivity index (χ1) is 11.8. The lowest BCUT2D eigenvalue weighted by atomic mass is 10.2. The van der Waals surface area contributed by atoms with Crippen molar-refractivity contribution in [3.8, 4) is 12.3 Å². The predicted octanol–water partition coefficient (Wildman–Crippen LogP) is 7.19. The van der Waals surface area contributed by atoms with Crippen molar-refractivity contribution in [1.82, 2.24) is 0 Å². The summed E-state index contributed by atoms with van der Waals surface area (Å²) in [6.07, 6.45) is 13.4. The molecule has 0 saturated carbocycles. The van der Waals surface area contributed by atoms with Crippen LogP contribution in [0.4, 0.5) is 0 Å². The Labute approximate surface area is 156 Å². The zero-order chi connectivity index (χ0) is 18.9. The molecule has 0 heterocycles. The van der Waals surface area contributed by atoms with Gasteiger partial charge >= 0.3 is 0 Å². The minimum Gasteiger partial charge on any atom is -0.543 e. The molecule has 0 fully saturated rings. The van der Waals surface area contributed by atoms with Gasteiger partial charge in [0.05, 0.1) is 5.76 Å². The molecular formula is C23H34OSi. The van der Waals surface area contributed by atoms with E-state index in [1.165, 1.54) is 5.56 Å². The molecule has 136 valence electrons. The van der Waals surface area contributed by atoms with Crippen LogP contribution in [-0.2, 0) is 4.43 Å². The topological polar surface area (TPSA) is 9.23 Å². The van der Waals surface area contributed by atoms with Gasteiger partial charge in [0.15, 0.2) is 0 Å². The van der Waals surface area contributed by atoms with Crippen LogP contribution in [0.5, 0.6) is 0 Å². The third-order valence-corrected chi connectivity index (χ3v) is 10.9. The normalized spacial score (nSPS) is 13.0. The van der Waals surface area contributed by atoms with Crippen LogP contribution in [0.3, 0.4) is 0 Å². The van der Waals surface area contributed by atoms with Gasteiger partial charge in [-0.1, -0.05) is 78.0 Å². The summed E-state index contributed by atoms with van der Waals surface area (Å²) in [5, 5.41) is 0. The summed E-state index contributed by atoms with van der Waals surface area (Å²) < 4.78 is 6.84. The highest BCUT2D eigenvalue weighted by atomic mass is 28.4. The first-order valence-electron chi connectivity index (χ1n) is 9.40. The van der Waals surface area contributed by atoms with Gasteiger partial charge in [-0.05, 0) is 40.8 Å². The average molecular weight is 355 g/mol. The van der Waals surface area contributed by atoms with E-state index in [1.807, 2.05) is 6.07 Å². The lowest BCUT2D eigenvalue weighted by Gasteiger charge is -2.42. The van der Waals surface area contributed by atoms with E-state index in [0.717, 1.165) is 18.6 Å². The van der Waals surface area contributed by atoms with Gasteiger partial charge in [0, 0.05) is 6.42 Å². The summed E-state index contributed by atoms with van der Waals surface area (Å²) in [6, 6.07) is 10.3. The van der Waals surface area contributed by atoms with Crippen LogP contribution in [0.25, 0.3) is 6.08 Å². The zero-order valence-electron chi connectivity index (χ0n) is 16.8. The molecule has 0 atom stereocenters. The second-order valence-electron chi connectivity index (χ2n) is 7.51. The van der Waals surface area contributed by atoms with Crippen molar-refractivity contribution in [2.24, 2.45) is 0 Å². The van der Waals surface area contributed by atoms with Crippen LogP contribution in [0.15, 0.2) is 48.2 Å². The maximum Gasteiger partial charge on any atom is 0.258 e. The summed E-state index contributed by atoms with van der Waals surface area (Å²) in [6.45, 7) is 13.9. The highest BCUT2D eigenvalue weighted by Gasteiger charge is 2.47. The molecule has 0 saturated heterocycles. The van der Waals surface area contributed by atoms with E-state index < -0.39 is 8.32 Å². The number of unbranched alkanes of at least 4 members (excludes halogenated alkanes) is 1. The van der Waals surface area contributed by atoms with Crippen LogP contribution in [0, 0.1) is 12.3 Å². The average Bonchev–Trinajstić information content (AvgIpc) is 2.56. The fourth-order valence-electron chi connectivity index (χ4n) is 3.74. The second kappa shape index (κ2) is 10.3. The predicted molar refractivity (Wildman–Crippen MR) is 114 cm³/mol. The van der Waals surface area contributed by atoms with Gasteiger partial charge in [0.25, 0.3) is 8.32 Å². The van der Waals surface area contributed by atoms with E-state index in [2.05, 4.69) is 90.0 Å². The molecule has 0 bridgehead atoms. The van der Waals surface area contributed by atoms with E-state index in [9.17, 15) is 0 Å². The zero-order valence-corrected chi connectivity index (χ0v) is 17.8. The molecule has 0 aliphatic carbocycles. The van der Waals surface area contributed by atoms with Crippen molar-refractivity contribution in [2.45, 2.75) is 71.0 Å². The Morgan fingerprint density at radius 2 is 1.60 bits per heavy atom. The molecule has 2 heteroatoms. The van der Waals surface area contributed by atoms with Crippen LogP contribution in [0.1, 0.15) is 59.9 Å². The summed E-state index contributed by atoms with van der Waals surface area (Å²) in [5.74, 6) is 3.69. The second-order valence-corrected chi connectivity index (χ2v) is 12.9. The van der Waals surface area contributed by atoms with Gasteiger partial charge < -0.3 is 4.43 Å². The van der Waals surface area contributed by atoms with Crippen molar-refractivity contribution in [2.75, 3.05) is 0 Å². The fourth-order valence-corrected chi connectivity index (χ4v) is 9.01. The maximum atomic E-state index is 6.84. The van der Waals surface area contributed by atoms with E-state index in [0.29, 0.717) is 16.6 Å². The van der Waals surface area contributed by atoms with Crippen molar-refractivity contribution in [3.63, 3.8) is 0 Å². The molecule has 0 unspecified atom stereocenters. The molecule has 0 aliphatic heterocycles. The minimum absolute atomic E-state index is 0.550. The van der Waals surface area contributed by atoms with Crippen LogP contribution < -0.4 is 0 Å². The van der Waals surface area contributed by atoms with Crippen molar-refractivity contribution in [3.05, 3.63) is 53.8 Å². The van der Waals surface area contributed by atoms with Gasteiger partial charge in [-0.2, -0.15) is 0 Å². The Kier molecular flexibility index (Phi) is 8.79. The number of allylic oxidation sites excluding steroid dienone is 2. The number of benzene rings is 1. The van der Waals surface area contributed by atoms with Crippen molar-refractivity contribution >= 4 is 14.4 Å². The molecule has 0 amide bonds. The Morgan fingerprint density at radius 1 is 1.04 bits per heavy atom. The summed E-state index contributed by atoms with van der Waals surface area (Å²) in [5.41, 5.74) is 2.83. The maximum absolute atomic E-state index is 6.84. The summed E-state index contributed by atoms with van der Waals surface area (Å²) >= 11 is 0. The molecule has 25 heavy (non-hydrogen) atoms.